The van der Waals surface area contributed by atoms with Crippen molar-refractivity contribution in [3.05, 3.63) is 65.9 Å². The number of para-hydroxylation sites is 1. The predicted octanol–water partition coefficient (Wildman–Crippen LogP) is 2.78. The summed E-state index contributed by atoms with van der Waals surface area (Å²) in [6, 6.07) is 14.0. The first kappa shape index (κ1) is 19.7. The van der Waals surface area contributed by atoms with E-state index < -0.39 is 17.9 Å². The first-order valence-electron chi connectivity index (χ1n) is 7.93. The van der Waals surface area contributed by atoms with E-state index in [1.807, 2.05) is 18.2 Å². The Balaban J connectivity index is 2.46. The van der Waals surface area contributed by atoms with E-state index in [-0.39, 0.29) is 5.70 Å². The topological polar surface area (TPSA) is 90.9 Å². The molecule has 0 spiro atoms. The van der Waals surface area contributed by atoms with Crippen LogP contribution in [0.1, 0.15) is 10.4 Å². The van der Waals surface area contributed by atoms with Gasteiger partial charge in [0.25, 0.3) is 0 Å². The van der Waals surface area contributed by atoms with Gasteiger partial charge in [0, 0.05) is 11.3 Å². The fourth-order valence-electron chi connectivity index (χ4n) is 2.35. The monoisotopic (exact) mass is 369 g/mol. The molecule has 0 saturated heterocycles. The number of esters is 3. The van der Waals surface area contributed by atoms with Gasteiger partial charge in [-0.05, 0) is 23.8 Å². The maximum Gasteiger partial charge on any atom is 0.354 e. The van der Waals surface area contributed by atoms with E-state index in [4.69, 9.17) is 9.47 Å². The lowest BCUT2D eigenvalue weighted by Gasteiger charge is -2.14. The number of carbonyl (C=O) groups is 3. The van der Waals surface area contributed by atoms with E-state index in [0.717, 1.165) is 11.6 Å². The second-order valence-corrected chi connectivity index (χ2v) is 5.32. The van der Waals surface area contributed by atoms with Gasteiger partial charge in [-0.25, -0.2) is 14.4 Å². The number of rotatable bonds is 6. The number of methoxy groups -OCH3 is 3. The molecule has 0 aromatic heterocycles. The highest BCUT2D eigenvalue weighted by Gasteiger charge is 2.15. The van der Waals surface area contributed by atoms with Gasteiger partial charge in [-0.1, -0.05) is 30.3 Å². The molecule has 2 rings (SSSR count). The van der Waals surface area contributed by atoms with Crippen LogP contribution in [-0.4, -0.2) is 39.2 Å². The molecule has 2 aromatic rings. The third-order valence-electron chi connectivity index (χ3n) is 3.66. The largest absolute Gasteiger partial charge is 0.466 e. The second-order valence-electron chi connectivity index (χ2n) is 5.32. The molecule has 0 aliphatic heterocycles. The minimum absolute atomic E-state index is 0.0825. The van der Waals surface area contributed by atoms with Crippen LogP contribution in [0, 0.1) is 0 Å². The molecule has 0 unspecified atom stereocenters. The zero-order chi connectivity index (χ0) is 19.8. The molecule has 7 heteroatoms. The molecule has 1 N–H and O–H groups in total. The third kappa shape index (κ3) is 4.94. The van der Waals surface area contributed by atoms with Crippen LogP contribution in [-0.2, 0) is 23.8 Å². The molecule has 0 aliphatic rings. The normalized spacial score (nSPS) is 10.7. The third-order valence-corrected chi connectivity index (χ3v) is 3.66. The van der Waals surface area contributed by atoms with Gasteiger partial charge in [0.1, 0.15) is 5.70 Å². The Morgan fingerprint density at radius 2 is 1.63 bits per heavy atom. The van der Waals surface area contributed by atoms with Crippen molar-refractivity contribution in [1.29, 1.82) is 0 Å². The molecule has 27 heavy (non-hydrogen) atoms. The molecule has 0 aliphatic carbocycles. The number of nitrogens with one attached hydrogen (secondary N) is 1. The van der Waals surface area contributed by atoms with Crippen molar-refractivity contribution in [2.24, 2.45) is 0 Å². The number of anilines is 1. The molecular formula is C20H19NO6. The van der Waals surface area contributed by atoms with Gasteiger partial charge in [0.2, 0.25) is 0 Å². The Hall–Kier alpha value is -3.61. The van der Waals surface area contributed by atoms with Crippen LogP contribution in [0.3, 0.4) is 0 Å². The molecule has 0 amide bonds. The maximum absolute atomic E-state index is 12.0. The average molecular weight is 369 g/mol. The molecule has 2 aromatic carbocycles. The average Bonchev–Trinajstić information content (AvgIpc) is 2.72. The summed E-state index contributed by atoms with van der Waals surface area (Å²) in [5.74, 6) is -1.88. The van der Waals surface area contributed by atoms with Crippen molar-refractivity contribution in [3.8, 4) is 11.1 Å². The van der Waals surface area contributed by atoms with E-state index >= 15 is 0 Å². The Morgan fingerprint density at radius 3 is 2.30 bits per heavy atom. The highest BCUT2D eigenvalue weighted by Crippen LogP contribution is 2.29. The van der Waals surface area contributed by atoms with Crippen LogP contribution in [0.25, 0.3) is 11.1 Å². The maximum atomic E-state index is 12.0. The van der Waals surface area contributed by atoms with Crippen LogP contribution >= 0.6 is 0 Å². The fourth-order valence-corrected chi connectivity index (χ4v) is 2.35. The summed E-state index contributed by atoms with van der Waals surface area (Å²) in [6.45, 7) is 0. The Morgan fingerprint density at radius 1 is 0.889 bits per heavy atom. The Labute approximate surface area is 156 Å². The number of carbonyl (C=O) groups excluding carboxylic acids is 3. The molecule has 0 saturated carbocycles. The summed E-state index contributed by atoms with van der Waals surface area (Å²) in [4.78, 5) is 35.3. The van der Waals surface area contributed by atoms with Gasteiger partial charge in [0.05, 0.1) is 33.0 Å². The van der Waals surface area contributed by atoms with Crippen molar-refractivity contribution >= 4 is 23.6 Å². The van der Waals surface area contributed by atoms with Gasteiger partial charge in [0.15, 0.2) is 0 Å². The quantitative estimate of drug-likeness (QED) is 0.476. The van der Waals surface area contributed by atoms with Crippen LogP contribution in [0.4, 0.5) is 5.69 Å². The van der Waals surface area contributed by atoms with Crippen LogP contribution in [0.15, 0.2) is 60.3 Å². The zero-order valence-corrected chi connectivity index (χ0v) is 15.1. The molecule has 140 valence electrons. The molecule has 0 heterocycles. The standard InChI is InChI=1S/C20H19NO6/c1-25-18(22)12-17(20(24)27-3)21-16-10-5-4-9-15(16)13-7-6-8-14(11-13)19(23)26-2/h4-12,21H,1-3H3/b17-12+. The molecule has 0 bridgehead atoms. The van der Waals surface area contributed by atoms with E-state index in [2.05, 4.69) is 10.1 Å². The molecule has 0 radical (unpaired) electrons. The van der Waals surface area contributed by atoms with Crippen LogP contribution in [0.2, 0.25) is 0 Å². The summed E-state index contributed by atoms with van der Waals surface area (Å²) in [5, 5.41) is 2.89. The van der Waals surface area contributed by atoms with E-state index in [0.29, 0.717) is 16.8 Å². The van der Waals surface area contributed by atoms with Crippen molar-refractivity contribution < 1.29 is 28.6 Å². The minimum Gasteiger partial charge on any atom is -0.466 e. The van der Waals surface area contributed by atoms with Crippen LogP contribution < -0.4 is 5.32 Å². The van der Waals surface area contributed by atoms with Gasteiger partial charge in [-0.15, -0.1) is 0 Å². The second kappa shape index (κ2) is 9.19. The number of hydrogen-bond acceptors (Lipinski definition) is 7. The van der Waals surface area contributed by atoms with E-state index in [9.17, 15) is 14.4 Å². The smallest absolute Gasteiger partial charge is 0.354 e. The van der Waals surface area contributed by atoms with Crippen molar-refractivity contribution in [3.63, 3.8) is 0 Å². The molecule has 0 atom stereocenters. The van der Waals surface area contributed by atoms with Gasteiger partial charge in [-0.3, -0.25) is 0 Å². The van der Waals surface area contributed by atoms with Crippen molar-refractivity contribution in [2.75, 3.05) is 26.6 Å². The summed E-state index contributed by atoms with van der Waals surface area (Å²) < 4.78 is 14.0. The predicted molar refractivity (Wildman–Crippen MR) is 99.0 cm³/mol. The minimum atomic E-state index is -0.724. The first-order chi connectivity index (χ1) is 13.0. The summed E-state index contributed by atoms with van der Waals surface area (Å²) in [5.41, 5.74) is 2.29. The van der Waals surface area contributed by atoms with Gasteiger partial charge < -0.3 is 19.5 Å². The lowest BCUT2D eigenvalue weighted by Crippen LogP contribution is -2.16. The van der Waals surface area contributed by atoms with E-state index in [1.54, 1.807) is 30.3 Å². The van der Waals surface area contributed by atoms with Crippen LogP contribution in [0.5, 0.6) is 0 Å². The highest BCUT2D eigenvalue weighted by molar-refractivity contribution is 6.00. The molecule has 0 fully saturated rings. The number of ether oxygens (including phenoxy) is 3. The lowest BCUT2D eigenvalue weighted by molar-refractivity contribution is -0.138. The Kier molecular flexibility index (Phi) is 6.71. The molecule has 7 nitrogen and oxygen atoms in total. The zero-order valence-electron chi connectivity index (χ0n) is 15.1. The fraction of sp³-hybridized carbons (Fsp3) is 0.150. The van der Waals surface area contributed by atoms with Crippen molar-refractivity contribution in [2.45, 2.75) is 0 Å². The number of benzene rings is 2. The first-order valence-corrected chi connectivity index (χ1v) is 7.93. The highest BCUT2D eigenvalue weighted by atomic mass is 16.5. The molecular weight excluding hydrogens is 350 g/mol. The summed E-state index contributed by atoms with van der Waals surface area (Å²) in [7, 11) is 3.73. The Bertz CT molecular complexity index is 888. The van der Waals surface area contributed by atoms with Gasteiger partial charge >= 0.3 is 17.9 Å². The SMILES string of the molecule is COC(=O)/C=C(/Nc1ccccc1-c1cccc(C(=O)OC)c1)C(=O)OC. The number of hydrogen-bond donors (Lipinski definition) is 1. The van der Waals surface area contributed by atoms with Gasteiger partial charge in [-0.2, -0.15) is 0 Å². The van der Waals surface area contributed by atoms with Crippen molar-refractivity contribution in [1.82, 2.24) is 0 Å². The lowest BCUT2D eigenvalue weighted by atomic mass is 10.0. The summed E-state index contributed by atoms with van der Waals surface area (Å²) in [6.07, 6.45) is 1.01. The summed E-state index contributed by atoms with van der Waals surface area (Å²) >= 11 is 0. The van der Waals surface area contributed by atoms with E-state index in [1.165, 1.54) is 21.3 Å².